The fraction of sp³-hybridized carbons (Fsp3) is 0.0769. The number of benzene rings is 4. The first-order valence-electron chi connectivity index (χ1n) is 12.2. The zero-order valence-corrected chi connectivity index (χ0v) is 27.3. The summed E-state index contributed by atoms with van der Waals surface area (Å²) in [4.78, 5) is -1.62. The van der Waals surface area contributed by atoms with Crippen LogP contribution in [0.2, 0.25) is 0 Å². The van der Waals surface area contributed by atoms with Gasteiger partial charge in [0.05, 0.1) is 19.6 Å². The van der Waals surface area contributed by atoms with E-state index in [1.807, 2.05) is 0 Å². The molecule has 0 saturated heterocycles. The third-order valence-corrected chi connectivity index (χ3v) is 15.0. The lowest BCUT2D eigenvalue weighted by molar-refractivity contribution is 0.481. The first-order valence-corrected chi connectivity index (χ1v) is 21.0. The van der Waals surface area contributed by atoms with E-state index in [0.29, 0.717) is 21.2 Å². The number of hydrogen-bond acceptors (Lipinski definition) is 8. The highest BCUT2D eigenvalue weighted by Gasteiger charge is 2.24. The standard InChI is InChI=1S/C26H24O12P2S4/c27-41(28,29)23-9-1-5-19(15-23)39(20-6-2-10-24(16-20)42(30,31)32)13-14-40(21-7-3-11-25(17-21)43(33,34)35)22-8-4-12-26(18-22)44(36,37)38/h1-12,15-18H,13-14H2,(H,27,28,29)(H,30,31,32)(H,33,34,35)(H,36,37,38). The molecule has 0 saturated carbocycles. The van der Waals surface area contributed by atoms with Crippen LogP contribution in [0.15, 0.2) is 117 Å². The Morgan fingerprint density at radius 3 is 0.773 bits per heavy atom. The van der Waals surface area contributed by atoms with Crippen LogP contribution >= 0.6 is 15.8 Å². The van der Waals surface area contributed by atoms with Gasteiger partial charge in [0.2, 0.25) is 0 Å². The van der Waals surface area contributed by atoms with Crippen LogP contribution in [0.25, 0.3) is 0 Å². The predicted octanol–water partition coefficient (Wildman–Crippen LogP) is 2.24. The maximum absolute atomic E-state index is 11.9. The molecule has 0 aliphatic rings. The van der Waals surface area contributed by atoms with Gasteiger partial charge in [0.25, 0.3) is 40.5 Å². The van der Waals surface area contributed by atoms with Gasteiger partial charge < -0.3 is 0 Å². The molecule has 0 atom stereocenters. The molecule has 4 aromatic carbocycles. The normalized spacial score (nSPS) is 13.0. The first kappa shape index (κ1) is 34.3. The van der Waals surface area contributed by atoms with E-state index in [2.05, 4.69) is 0 Å². The van der Waals surface area contributed by atoms with Crippen molar-refractivity contribution in [1.82, 2.24) is 0 Å². The monoisotopic (exact) mass is 718 g/mol. The van der Waals surface area contributed by atoms with Gasteiger partial charge in [-0.3, -0.25) is 18.2 Å². The summed E-state index contributed by atoms with van der Waals surface area (Å²) in [5, 5.41) is 1.65. The smallest absolute Gasteiger partial charge is 0.282 e. The van der Waals surface area contributed by atoms with Crippen LogP contribution in [0, 0.1) is 0 Å². The van der Waals surface area contributed by atoms with Crippen molar-refractivity contribution in [3.63, 3.8) is 0 Å². The van der Waals surface area contributed by atoms with Gasteiger partial charge in [-0.05, 0) is 97.9 Å². The van der Waals surface area contributed by atoms with Crippen LogP contribution in [-0.2, 0) is 40.5 Å². The Morgan fingerprint density at radius 1 is 0.386 bits per heavy atom. The van der Waals surface area contributed by atoms with Crippen LogP contribution in [0.3, 0.4) is 0 Å². The maximum atomic E-state index is 11.9. The molecular weight excluding hydrogens is 694 g/mol. The highest BCUT2D eigenvalue weighted by molar-refractivity contribution is 7.87. The van der Waals surface area contributed by atoms with E-state index < -0.39 is 75.9 Å². The van der Waals surface area contributed by atoms with Crippen molar-refractivity contribution in [2.45, 2.75) is 19.6 Å². The molecule has 0 aliphatic heterocycles. The number of rotatable bonds is 11. The summed E-state index contributed by atoms with van der Waals surface area (Å²) < 4.78 is 134. The largest absolute Gasteiger partial charge is 0.294 e. The highest BCUT2D eigenvalue weighted by Crippen LogP contribution is 2.42. The molecule has 12 nitrogen and oxygen atoms in total. The molecule has 18 heteroatoms. The fourth-order valence-corrected chi connectivity index (χ4v) is 12.2. The van der Waals surface area contributed by atoms with E-state index in [9.17, 15) is 51.9 Å². The van der Waals surface area contributed by atoms with Crippen molar-refractivity contribution in [2.75, 3.05) is 12.3 Å². The van der Waals surface area contributed by atoms with Crippen molar-refractivity contribution < 1.29 is 51.9 Å². The van der Waals surface area contributed by atoms with E-state index in [1.165, 1.54) is 72.8 Å². The highest BCUT2D eigenvalue weighted by atomic mass is 32.2. The molecule has 4 rings (SSSR count). The molecule has 0 aliphatic carbocycles. The molecular formula is C26H24O12P2S4. The lowest BCUT2D eigenvalue weighted by Gasteiger charge is -2.25. The first-order chi connectivity index (χ1) is 20.3. The molecule has 4 N–H and O–H groups in total. The van der Waals surface area contributed by atoms with Crippen LogP contribution in [-0.4, -0.2) is 64.2 Å². The second-order valence-corrected chi connectivity index (χ2v) is 19.6. The molecule has 0 heterocycles. The van der Waals surface area contributed by atoms with Gasteiger partial charge >= 0.3 is 0 Å². The minimum atomic E-state index is -4.61. The van der Waals surface area contributed by atoms with Crippen molar-refractivity contribution >= 4 is 77.5 Å². The molecule has 0 aromatic heterocycles. The molecule has 0 radical (unpaired) electrons. The minimum Gasteiger partial charge on any atom is -0.282 e. The molecule has 0 unspecified atom stereocenters. The lowest BCUT2D eigenvalue weighted by atomic mass is 10.4. The second-order valence-electron chi connectivity index (χ2n) is 9.19. The van der Waals surface area contributed by atoms with Gasteiger partial charge in [0, 0.05) is 0 Å². The lowest BCUT2D eigenvalue weighted by Crippen LogP contribution is -2.22. The van der Waals surface area contributed by atoms with Crippen molar-refractivity contribution in [1.29, 1.82) is 0 Å². The summed E-state index contributed by atoms with van der Waals surface area (Å²) >= 11 is 0. The summed E-state index contributed by atoms with van der Waals surface area (Å²) in [6, 6.07) is 21.6. The van der Waals surface area contributed by atoms with Gasteiger partial charge in [0.1, 0.15) is 0 Å². The molecule has 44 heavy (non-hydrogen) atoms. The quantitative estimate of drug-likeness (QED) is 0.130. The van der Waals surface area contributed by atoms with Gasteiger partial charge in [-0.25, -0.2) is 0 Å². The molecule has 0 bridgehead atoms. The molecule has 234 valence electrons. The second kappa shape index (κ2) is 13.0. The third kappa shape index (κ3) is 8.55. The molecule has 0 amide bonds. The summed E-state index contributed by atoms with van der Waals surface area (Å²) in [5.74, 6) is 0. The summed E-state index contributed by atoms with van der Waals surface area (Å²) in [6.07, 6.45) is 0.383. The van der Waals surface area contributed by atoms with E-state index in [0.717, 1.165) is 0 Å². The average Bonchev–Trinajstić information content (AvgIpc) is 2.94. The van der Waals surface area contributed by atoms with E-state index in [4.69, 9.17) is 0 Å². The molecule has 0 spiro atoms. The zero-order valence-electron chi connectivity index (χ0n) is 22.2. The van der Waals surface area contributed by atoms with Crippen LogP contribution < -0.4 is 21.2 Å². The van der Waals surface area contributed by atoms with Gasteiger partial charge in [-0.15, -0.1) is 0 Å². The Morgan fingerprint density at radius 2 is 0.591 bits per heavy atom. The van der Waals surface area contributed by atoms with Gasteiger partial charge in [-0.1, -0.05) is 48.5 Å². The topological polar surface area (TPSA) is 217 Å². The summed E-state index contributed by atoms with van der Waals surface area (Å²) in [7, 11) is -21.7. The average molecular weight is 719 g/mol. The minimum absolute atomic E-state index is 0.192. The van der Waals surface area contributed by atoms with Crippen LogP contribution in [0.5, 0.6) is 0 Å². The third-order valence-electron chi connectivity index (χ3n) is 6.26. The Balaban J connectivity index is 1.88. The van der Waals surface area contributed by atoms with Crippen molar-refractivity contribution in [3.05, 3.63) is 97.1 Å². The Bertz CT molecular complexity index is 1850. The number of hydrogen-bond donors (Lipinski definition) is 4. The summed E-state index contributed by atoms with van der Waals surface area (Å²) in [5.41, 5.74) is 0. The Hall–Kier alpha value is -2.62. The van der Waals surface area contributed by atoms with E-state index >= 15 is 0 Å². The van der Waals surface area contributed by atoms with Gasteiger partial charge in [-0.2, -0.15) is 33.7 Å². The fourth-order valence-electron chi connectivity index (χ4n) is 4.26. The van der Waals surface area contributed by atoms with E-state index in [-0.39, 0.29) is 12.3 Å². The SMILES string of the molecule is O=S(=O)(O)c1cccc(P(CCP(c2cccc(S(=O)(=O)O)c2)c2cccc(S(=O)(=O)O)c2)c2cccc(S(=O)(=O)O)c2)c1. The maximum Gasteiger partial charge on any atom is 0.294 e. The van der Waals surface area contributed by atoms with Crippen molar-refractivity contribution in [3.8, 4) is 0 Å². The van der Waals surface area contributed by atoms with Crippen molar-refractivity contribution in [2.24, 2.45) is 0 Å². The van der Waals surface area contributed by atoms with Crippen LogP contribution in [0.1, 0.15) is 0 Å². The van der Waals surface area contributed by atoms with Crippen LogP contribution in [0.4, 0.5) is 0 Å². The molecule has 4 aromatic rings. The van der Waals surface area contributed by atoms with Gasteiger partial charge in [0.15, 0.2) is 0 Å². The molecule has 0 fully saturated rings. The Kier molecular flexibility index (Phi) is 10.1. The summed E-state index contributed by atoms with van der Waals surface area (Å²) in [6.45, 7) is 0. The van der Waals surface area contributed by atoms with E-state index in [1.54, 1.807) is 24.3 Å². The predicted molar refractivity (Wildman–Crippen MR) is 167 cm³/mol. The Labute approximate surface area is 257 Å². The zero-order chi connectivity index (χ0) is 32.5.